The fourth-order valence-corrected chi connectivity index (χ4v) is 2.18. The van der Waals surface area contributed by atoms with Gasteiger partial charge in [0.2, 0.25) is 5.88 Å². The van der Waals surface area contributed by atoms with Crippen molar-refractivity contribution in [3.05, 3.63) is 27.1 Å². The Morgan fingerprint density at radius 3 is 2.94 bits per heavy atom. The molecule has 3 N–H and O–H groups in total. The Kier molecular flexibility index (Phi) is 3.82. The van der Waals surface area contributed by atoms with Gasteiger partial charge in [-0.15, -0.1) is 0 Å². The topological polar surface area (TPSA) is 107 Å². The molecular weight excluding hydrogens is 322 g/mol. The minimum atomic E-state index is -0.325. The van der Waals surface area contributed by atoms with Crippen molar-refractivity contribution in [2.24, 2.45) is 0 Å². The number of nitrogens with one attached hydrogen (secondary N) is 1. The second-order valence-corrected chi connectivity index (χ2v) is 4.90. The molecule has 0 fully saturated rings. The number of nitrogens with two attached hydrogens (primary N) is 1. The summed E-state index contributed by atoms with van der Waals surface area (Å²) in [6.45, 7) is 0. The number of nitrogens with zero attached hydrogens (tertiary/aromatic N) is 3. The van der Waals surface area contributed by atoms with E-state index in [1.807, 2.05) is 0 Å². The van der Waals surface area contributed by atoms with E-state index in [0.29, 0.717) is 20.7 Å². The average molecular weight is 330 g/mol. The van der Waals surface area contributed by atoms with Crippen molar-refractivity contribution in [2.75, 3.05) is 12.8 Å². The van der Waals surface area contributed by atoms with Gasteiger partial charge in [-0.25, -0.2) is 9.97 Å². The second kappa shape index (κ2) is 5.36. The standard InChI is InChI=1S/C9H8BrN5O2S/c1-17-7-4(10)3-12-8(15-7)18-9-13-5(11)2-6(16)14-9/h2-3H,1H3,(H3,11,13,14,16). The molecule has 2 heterocycles. The Hall–Kier alpha value is -1.61. The Bertz CT molecular complexity index is 633. The summed E-state index contributed by atoms with van der Waals surface area (Å²) in [4.78, 5) is 25.9. The normalized spacial score (nSPS) is 10.3. The van der Waals surface area contributed by atoms with E-state index >= 15 is 0 Å². The van der Waals surface area contributed by atoms with E-state index in [4.69, 9.17) is 10.5 Å². The summed E-state index contributed by atoms with van der Waals surface area (Å²) < 4.78 is 5.68. The zero-order chi connectivity index (χ0) is 13.1. The van der Waals surface area contributed by atoms with Crippen molar-refractivity contribution in [3.8, 4) is 5.88 Å². The molecule has 0 bridgehead atoms. The quantitative estimate of drug-likeness (QED) is 0.811. The van der Waals surface area contributed by atoms with Crippen LogP contribution in [0.3, 0.4) is 0 Å². The van der Waals surface area contributed by atoms with Gasteiger partial charge in [0.1, 0.15) is 5.82 Å². The highest BCUT2D eigenvalue weighted by Gasteiger charge is 2.08. The van der Waals surface area contributed by atoms with E-state index in [1.165, 1.54) is 13.2 Å². The summed E-state index contributed by atoms with van der Waals surface area (Å²) in [5.41, 5.74) is 5.15. The van der Waals surface area contributed by atoms with Crippen LogP contribution >= 0.6 is 27.7 Å². The smallest absolute Gasteiger partial charge is 0.253 e. The minimum absolute atomic E-state index is 0.144. The van der Waals surface area contributed by atoms with Crippen LogP contribution in [-0.2, 0) is 0 Å². The molecule has 0 amide bonds. The van der Waals surface area contributed by atoms with Crippen LogP contribution in [-0.4, -0.2) is 27.0 Å². The van der Waals surface area contributed by atoms with Crippen molar-refractivity contribution in [1.29, 1.82) is 0 Å². The number of nitrogen functional groups attached to an aromatic ring is 1. The molecule has 94 valence electrons. The predicted molar refractivity (Wildman–Crippen MR) is 69.7 cm³/mol. The summed E-state index contributed by atoms with van der Waals surface area (Å²) >= 11 is 4.33. The van der Waals surface area contributed by atoms with Crippen molar-refractivity contribution >= 4 is 33.5 Å². The van der Waals surface area contributed by atoms with Gasteiger partial charge in [-0.1, -0.05) is 0 Å². The lowest BCUT2D eigenvalue weighted by atomic mass is 10.6. The number of halogens is 1. The van der Waals surface area contributed by atoms with E-state index < -0.39 is 0 Å². The Labute approximate surface area is 114 Å². The second-order valence-electron chi connectivity index (χ2n) is 3.09. The lowest BCUT2D eigenvalue weighted by Gasteiger charge is -2.04. The first-order chi connectivity index (χ1) is 8.58. The van der Waals surface area contributed by atoms with Crippen molar-refractivity contribution < 1.29 is 4.74 Å². The van der Waals surface area contributed by atoms with E-state index in [9.17, 15) is 4.79 Å². The first-order valence-electron chi connectivity index (χ1n) is 4.69. The van der Waals surface area contributed by atoms with Crippen LogP contribution in [0.4, 0.5) is 5.82 Å². The SMILES string of the molecule is COc1nc(Sc2nc(N)cc(=O)[nH]2)ncc1Br. The maximum Gasteiger partial charge on any atom is 0.253 e. The summed E-state index contributed by atoms with van der Waals surface area (Å²) in [7, 11) is 1.50. The number of aromatic amines is 1. The molecule has 7 nitrogen and oxygen atoms in total. The van der Waals surface area contributed by atoms with Gasteiger partial charge in [0.15, 0.2) is 10.3 Å². The molecule has 0 unspecified atom stereocenters. The molecule has 2 aromatic heterocycles. The van der Waals surface area contributed by atoms with Gasteiger partial charge in [0.25, 0.3) is 5.56 Å². The zero-order valence-electron chi connectivity index (χ0n) is 9.18. The molecule has 0 saturated carbocycles. The van der Waals surface area contributed by atoms with Crippen LogP contribution in [0.25, 0.3) is 0 Å². The highest BCUT2D eigenvalue weighted by atomic mass is 79.9. The summed E-state index contributed by atoms with van der Waals surface area (Å²) in [6.07, 6.45) is 1.55. The van der Waals surface area contributed by atoms with Crippen LogP contribution in [0.5, 0.6) is 5.88 Å². The van der Waals surface area contributed by atoms with Gasteiger partial charge in [0, 0.05) is 12.3 Å². The maximum atomic E-state index is 11.2. The third-order valence-corrected chi connectivity index (χ3v) is 3.12. The number of aromatic nitrogens is 4. The fourth-order valence-electron chi connectivity index (χ4n) is 1.12. The number of hydrogen-bond donors (Lipinski definition) is 2. The molecule has 0 aliphatic heterocycles. The Morgan fingerprint density at radius 1 is 1.50 bits per heavy atom. The number of ether oxygens (including phenoxy) is 1. The monoisotopic (exact) mass is 329 g/mol. The molecule has 2 aromatic rings. The van der Waals surface area contributed by atoms with E-state index in [1.54, 1.807) is 6.20 Å². The molecular formula is C9H8BrN5O2S. The van der Waals surface area contributed by atoms with Crippen LogP contribution in [0.1, 0.15) is 0 Å². The lowest BCUT2D eigenvalue weighted by Crippen LogP contribution is -2.09. The molecule has 0 aliphatic carbocycles. The molecule has 0 radical (unpaired) electrons. The summed E-state index contributed by atoms with van der Waals surface area (Å²) in [6, 6.07) is 1.20. The maximum absolute atomic E-state index is 11.2. The van der Waals surface area contributed by atoms with Crippen molar-refractivity contribution in [2.45, 2.75) is 10.3 Å². The number of hydrogen-bond acceptors (Lipinski definition) is 7. The number of H-pyrrole nitrogens is 1. The summed E-state index contributed by atoms with van der Waals surface area (Å²) in [5, 5.41) is 0.716. The molecule has 0 aromatic carbocycles. The van der Waals surface area contributed by atoms with Gasteiger partial charge < -0.3 is 15.5 Å². The first-order valence-corrected chi connectivity index (χ1v) is 6.30. The third-order valence-electron chi connectivity index (χ3n) is 1.81. The van der Waals surface area contributed by atoms with Crippen molar-refractivity contribution in [1.82, 2.24) is 19.9 Å². The Morgan fingerprint density at radius 2 is 2.28 bits per heavy atom. The molecule has 0 spiro atoms. The van der Waals surface area contributed by atoms with Gasteiger partial charge in [-0.05, 0) is 27.7 Å². The van der Waals surface area contributed by atoms with Crippen LogP contribution in [0.15, 0.2) is 31.8 Å². The van der Waals surface area contributed by atoms with E-state index in [0.717, 1.165) is 11.8 Å². The highest BCUT2D eigenvalue weighted by molar-refractivity contribution is 9.10. The number of anilines is 1. The number of methoxy groups -OCH3 is 1. The van der Waals surface area contributed by atoms with Crippen LogP contribution in [0, 0.1) is 0 Å². The summed E-state index contributed by atoms with van der Waals surface area (Å²) in [5.74, 6) is 0.545. The first kappa shape index (κ1) is 12.8. The average Bonchev–Trinajstić information content (AvgIpc) is 2.30. The van der Waals surface area contributed by atoms with Gasteiger partial charge in [-0.3, -0.25) is 4.79 Å². The minimum Gasteiger partial charge on any atom is -0.480 e. The van der Waals surface area contributed by atoms with Gasteiger partial charge >= 0.3 is 0 Å². The van der Waals surface area contributed by atoms with Crippen LogP contribution in [0.2, 0.25) is 0 Å². The van der Waals surface area contributed by atoms with E-state index in [-0.39, 0.29) is 11.4 Å². The van der Waals surface area contributed by atoms with Gasteiger partial charge in [0.05, 0.1) is 11.6 Å². The number of rotatable bonds is 3. The van der Waals surface area contributed by atoms with E-state index in [2.05, 4.69) is 35.9 Å². The van der Waals surface area contributed by atoms with Crippen LogP contribution < -0.4 is 16.0 Å². The largest absolute Gasteiger partial charge is 0.480 e. The molecule has 2 rings (SSSR count). The van der Waals surface area contributed by atoms with Crippen molar-refractivity contribution in [3.63, 3.8) is 0 Å². The molecule has 0 atom stereocenters. The molecule has 0 aliphatic rings. The van der Waals surface area contributed by atoms with Gasteiger partial charge in [-0.2, -0.15) is 4.98 Å². The molecule has 0 saturated heterocycles. The molecule has 18 heavy (non-hydrogen) atoms. The predicted octanol–water partition coefficient (Wildman–Crippen LogP) is 1.06. The fraction of sp³-hybridized carbons (Fsp3) is 0.111. The Balaban J connectivity index is 2.31. The zero-order valence-corrected chi connectivity index (χ0v) is 11.6. The highest BCUT2D eigenvalue weighted by Crippen LogP contribution is 2.26. The third kappa shape index (κ3) is 2.99. The lowest BCUT2D eigenvalue weighted by molar-refractivity contribution is 0.389. The molecule has 9 heteroatoms.